The van der Waals surface area contributed by atoms with Crippen LogP contribution in [0.15, 0.2) is 0 Å². The van der Waals surface area contributed by atoms with Gasteiger partial charge in [-0.2, -0.15) is 0 Å². The fraction of sp³-hybridized carbons (Fsp3) is 0.889. The third-order valence-electron chi connectivity index (χ3n) is 2.68. The highest BCUT2D eigenvalue weighted by Crippen LogP contribution is 2.22. The highest BCUT2D eigenvalue weighted by Gasteiger charge is 2.25. The molecular formula is C9H17NO3. The molecule has 4 nitrogen and oxygen atoms in total. The lowest BCUT2D eigenvalue weighted by atomic mass is 9.92. The Hall–Kier alpha value is -0.770. The Kier molecular flexibility index (Phi) is 3.54. The van der Waals surface area contributed by atoms with Gasteiger partial charge in [0.25, 0.3) is 0 Å². The first kappa shape index (κ1) is 10.3. The Balaban J connectivity index is 2.39. The first-order chi connectivity index (χ1) is 6.15. The van der Waals surface area contributed by atoms with Crippen molar-refractivity contribution >= 4 is 6.09 Å². The molecule has 1 aliphatic carbocycles. The predicted molar refractivity (Wildman–Crippen MR) is 48.4 cm³/mol. The topological polar surface area (TPSA) is 49.8 Å². The van der Waals surface area contributed by atoms with E-state index >= 15 is 0 Å². The van der Waals surface area contributed by atoms with Crippen molar-refractivity contribution in [2.45, 2.75) is 37.8 Å². The minimum atomic E-state index is -0.290. The molecule has 1 fully saturated rings. The van der Waals surface area contributed by atoms with Crippen LogP contribution in [0.5, 0.6) is 0 Å². The Morgan fingerprint density at radius 3 is 2.38 bits per heavy atom. The summed E-state index contributed by atoms with van der Waals surface area (Å²) in [5.74, 6) is 0. The van der Waals surface area contributed by atoms with E-state index < -0.39 is 0 Å². The normalized spacial score (nSPS) is 28.2. The van der Waals surface area contributed by atoms with Gasteiger partial charge in [-0.05, 0) is 25.7 Å². The maximum Gasteiger partial charge on any atom is 0.409 e. The predicted octanol–water partition coefficient (Wildman–Crippen LogP) is 0.988. The van der Waals surface area contributed by atoms with E-state index in [0.29, 0.717) is 0 Å². The standard InChI is InChI=1S/C9H17NO3/c1-10(9(12)13-2)7-3-5-8(11)6-4-7/h7-8,11H,3-6H2,1-2H3/t7-,8+. The first-order valence-corrected chi connectivity index (χ1v) is 4.64. The summed E-state index contributed by atoms with van der Waals surface area (Å²) in [5.41, 5.74) is 0. The average molecular weight is 187 g/mol. The molecule has 1 N–H and O–H groups in total. The zero-order valence-corrected chi connectivity index (χ0v) is 8.19. The molecule has 1 amide bonds. The van der Waals surface area contributed by atoms with Crippen molar-refractivity contribution in [1.82, 2.24) is 4.90 Å². The summed E-state index contributed by atoms with van der Waals surface area (Å²) in [7, 11) is 3.13. The number of aliphatic hydroxyl groups is 1. The maximum absolute atomic E-state index is 11.1. The quantitative estimate of drug-likeness (QED) is 0.666. The van der Waals surface area contributed by atoms with Gasteiger partial charge in [0.2, 0.25) is 0 Å². The Labute approximate surface area is 78.5 Å². The fourth-order valence-electron chi connectivity index (χ4n) is 1.74. The highest BCUT2D eigenvalue weighted by atomic mass is 16.5. The summed E-state index contributed by atoms with van der Waals surface area (Å²) in [6.07, 6.45) is 2.83. The number of ether oxygens (including phenoxy) is 1. The second kappa shape index (κ2) is 4.46. The van der Waals surface area contributed by atoms with Crippen LogP contribution < -0.4 is 0 Å². The third-order valence-corrected chi connectivity index (χ3v) is 2.68. The molecule has 0 aliphatic heterocycles. The molecule has 0 bridgehead atoms. The van der Waals surface area contributed by atoms with Crippen LogP contribution in [0.25, 0.3) is 0 Å². The minimum Gasteiger partial charge on any atom is -0.453 e. The zero-order valence-electron chi connectivity index (χ0n) is 8.19. The van der Waals surface area contributed by atoms with Crippen LogP contribution in [0.4, 0.5) is 4.79 Å². The van der Waals surface area contributed by atoms with E-state index in [1.165, 1.54) is 7.11 Å². The van der Waals surface area contributed by atoms with E-state index in [-0.39, 0.29) is 18.2 Å². The van der Waals surface area contributed by atoms with E-state index in [1.807, 2.05) is 0 Å². The molecule has 1 rings (SSSR count). The van der Waals surface area contributed by atoms with E-state index in [2.05, 4.69) is 4.74 Å². The first-order valence-electron chi connectivity index (χ1n) is 4.64. The van der Waals surface area contributed by atoms with Gasteiger partial charge in [-0.3, -0.25) is 0 Å². The van der Waals surface area contributed by atoms with Gasteiger partial charge < -0.3 is 14.7 Å². The molecule has 0 radical (unpaired) electrons. The molecule has 0 aromatic heterocycles. The molecule has 1 saturated carbocycles. The van der Waals surface area contributed by atoms with Crippen LogP contribution in [-0.2, 0) is 4.74 Å². The molecule has 0 saturated heterocycles. The summed E-state index contributed by atoms with van der Waals surface area (Å²) >= 11 is 0. The number of amides is 1. The fourth-order valence-corrected chi connectivity index (χ4v) is 1.74. The van der Waals surface area contributed by atoms with Crippen molar-refractivity contribution in [1.29, 1.82) is 0 Å². The molecule has 0 heterocycles. The average Bonchev–Trinajstić information content (AvgIpc) is 2.17. The van der Waals surface area contributed by atoms with Crippen LogP contribution in [0, 0.1) is 0 Å². The van der Waals surface area contributed by atoms with Gasteiger partial charge in [0.15, 0.2) is 0 Å². The lowest BCUT2D eigenvalue weighted by Gasteiger charge is -2.31. The zero-order chi connectivity index (χ0) is 9.84. The number of rotatable bonds is 1. The Morgan fingerprint density at radius 2 is 1.92 bits per heavy atom. The number of aliphatic hydroxyl groups excluding tert-OH is 1. The van der Waals surface area contributed by atoms with Gasteiger partial charge >= 0.3 is 6.09 Å². The summed E-state index contributed by atoms with van der Waals surface area (Å²) in [4.78, 5) is 12.8. The maximum atomic E-state index is 11.1. The number of nitrogens with zero attached hydrogens (tertiary/aromatic N) is 1. The molecule has 0 aromatic rings. The number of hydrogen-bond acceptors (Lipinski definition) is 3. The van der Waals surface area contributed by atoms with Crippen molar-refractivity contribution in [2.75, 3.05) is 14.2 Å². The summed E-state index contributed by atoms with van der Waals surface area (Å²) in [6, 6.07) is 0.232. The van der Waals surface area contributed by atoms with Crippen molar-refractivity contribution in [3.63, 3.8) is 0 Å². The van der Waals surface area contributed by atoms with E-state index in [4.69, 9.17) is 0 Å². The van der Waals surface area contributed by atoms with Gasteiger partial charge in [-0.1, -0.05) is 0 Å². The summed E-state index contributed by atoms with van der Waals surface area (Å²) < 4.78 is 4.62. The largest absolute Gasteiger partial charge is 0.453 e. The van der Waals surface area contributed by atoms with Gasteiger partial charge in [-0.25, -0.2) is 4.79 Å². The van der Waals surface area contributed by atoms with Crippen molar-refractivity contribution in [2.24, 2.45) is 0 Å². The van der Waals surface area contributed by atoms with Crippen LogP contribution in [0.1, 0.15) is 25.7 Å². The van der Waals surface area contributed by atoms with Gasteiger partial charge in [0.05, 0.1) is 13.2 Å². The van der Waals surface area contributed by atoms with Crippen LogP contribution in [0.3, 0.4) is 0 Å². The molecule has 4 heteroatoms. The minimum absolute atomic E-state index is 0.178. The molecule has 13 heavy (non-hydrogen) atoms. The SMILES string of the molecule is COC(=O)N(C)[C@H]1CC[C@@H](O)CC1. The second-order valence-electron chi connectivity index (χ2n) is 3.54. The monoisotopic (exact) mass is 187 g/mol. The van der Waals surface area contributed by atoms with Crippen molar-refractivity contribution in [3.8, 4) is 0 Å². The summed E-state index contributed by atoms with van der Waals surface area (Å²) in [5, 5.41) is 9.27. The van der Waals surface area contributed by atoms with E-state index in [1.54, 1.807) is 11.9 Å². The number of hydrogen-bond donors (Lipinski definition) is 1. The summed E-state index contributed by atoms with van der Waals surface area (Å²) in [6.45, 7) is 0. The van der Waals surface area contributed by atoms with E-state index in [9.17, 15) is 9.90 Å². The number of methoxy groups -OCH3 is 1. The second-order valence-corrected chi connectivity index (χ2v) is 3.54. The molecule has 0 atom stereocenters. The molecule has 1 aliphatic rings. The highest BCUT2D eigenvalue weighted by molar-refractivity contribution is 5.67. The van der Waals surface area contributed by atoms with Crippen LogP contribution in [0.2, 0.25) is 0 Å². The lowest BCUT2D eigenvalue weighted by molar-refractivity contribution is 0.0715. The lowest BCUT2D eigenvalue weighted by Crippen LogP contribution is -2.40. The van der Waals surface area contributed by atoms with Gasteiger partial charge in [-0.15, -0.1) is 0 Å². The van der Waals surface area contributed by atoms with Crippen LogP contribution in [-0.4, -0.2) is 42.4 Å². The van der Waals surface area contributed by atoms with E-state index in [0.717, 1.165) is 25.7 Å². The Morgan fingerprint density at radius 1 is 1.38 bits per heavy atom. The van der Waals surface area contributed by atoms with Gasteiger partial charge in [0, 0.05) is 13.1 Å². The molecule has 76 valence electrons. The number of carbonyl (C=O) groups excluding carboxylic acids is 1. The molecule has 0 aromatic carbocycles. The number of carbonyl (C=O) groups is 1. The molecule has 0 spiro atoms. The molecular weight excluding hydrogens is 170 g/mol. The third kappa shape index (κ3) is 2.59. The van der Waals surface area contributed by atoms with Crippen LogP contribution >= 0.6 is 0 Å². The molecule has 0 unspecified atom stereocenters. The van der Waals surface area contributed by atoms with Crippen molar-refractivity contribution < 1.29 is 14.6 Å². The van der Waals surface area contributed by atoms with Crippen molar-refractivity contribution in [3.05, 3.63) is 0 Å². The Bertz CT molecular complexity index is 176. The van der Waals surface area contributed by atoms with Gasteiger partial charge in [0.1, 0.15) is 0 Å². The smallest absolute Gasteiger partial charge is 0.409 e.